The number of carbonyl (C=O) groups excluding carboxylic acids is 1. The average molecular weight is 320 g/mol. The van der Waals surface area contributed by atoms with Gasteiger partial charge in [0.05, 0.1) is 5.69 Å². The van der Waals surface area contributed by atoms with Crippen LogP contribution in [0.2, 0.25) is 0 Å². The van der Waals surface area contributed by atoms with E-state index in [0.29, 0.717) is 18.4 Å². The van der Waals surface area contributed by atoms with Crippen LogP contribution >= 0.6 is 0 Å². The highest BCUT2D eigenvalue weighted by molar-refractivity contribution is 5.76. The van der Waals surface area contributed by atoms with Gasteiger partial charge in [-0.15, -0.1) is 0 Å². The van der Waals surface area contributed by atoms with Crippen molar-refractivity contribution in [3.63, 3.8) is 0 Å². The van der Waals surface area contributed by atoms with Crippen LogP contribution < -0.4 is 5.32 Å². The topological polar surface area (TPSA) is 50.2 Å². The molecule has 0 saturated heterocycles. The first-order chi connectivity index (χ1) is 10.9. The molecular formula is C18H32N4O. The number of nitrogens with zero attached hydrogens (tertiary/aromatic N) is 3. The van der Waals surface area contributed by atoms with Gasteiger partial charge in [-0.05, 0) is 58.7 Å². The molecule has 1 aliphatic carbocycles. The van der Waals surface area contributed by atoms with Crippen molar-refractivity contribution in [1.29, 1.82) is 0 Å². The summed E-state index contributed by atoms with van der Waals surface area (Å²) in [6.45, 7) is 5.15. The zero-order valence-electron chi connectivity index (χ0n) is 15.4. The number of hydrogen-bond donors (Lipinski definition) is 1. The third-order valence-corrected chi connectivity index (χ3v) is 5.12. The highest BCUT2D eigenvalue weighted by atomic mass is 16.1. The lowest BCUT2D eigenvalue weighted by molar-refractivity contribution is -0.122. The molecule has 2 rings (SSSR count). The van der Waals surface area contributed by atoms with Gasteiger partial charge in [0.2, 0.25) is 5.91 Å². The second-order valence-electron chi connectivity index (χ2n) is 7.25. The summed E-state index contributed by atoms with van der Waals surface area (Å²) in [6, 6.07) is 0.342. The average Bonchev–Trinajstić information content (AvgIpc) is 2.72. The van der Waals surface area contributed by atoms with Crippen LogP contribution in [0.25, 0.3) is 0 Å². The molecule has 2 unspecified atom stereocenters. The number of carbonyl (C=O) groups is 1. The molecule has 5 heteroatoms. The van der Waals surface area contributed by atoms with E-state index in [1.165, 1.54) is 30.5 Å². The number of amides is 1. The summed E-state index contributed by atoms with van der Waals surface area (Å²) < 4.78 is 1.90. The van der Waals surface area contributed by atoms with E-state index in [-0.39, 0.29) is 5.91 Å². The minimum atomic E-state index is 0.184. The van der Waals surface area contributed by atoms with Gasteiger partial charge in [0.25, 0.3) is 0 Å². The summed E-state index contributed by atoms with van der Waals surface area (Å²) in [5.74, 6) is 0.771. The van der Waals surface area contributed by atoms with E-state index in [1.807, 2.05) is 18.7 Å². The van der Waals surface area contributed by atoms with Crippen molar-refractivity contribution < 1.29 is 4.79 Å². The van der Waals surface area contributed by atoms with E-state index in [1.54, 1.807) is 0 Å². The van der Waals surface area contributed by atoms with Gasteiger partial charge in [0, 0.05) is 31.7 Å². The number of aryl methyl sites for hydroxylation is 2. The summed E-state index contributed by atoms with van der Waals surface area (Å²) in [6.07, 6.45) is 6.20. The molecule has 1 saturated carbocycles. The molecule has 23 heavy (non-hydrogen) atoms. The van der Waals surface area contributed by atoms with E-state index in [9.17, 15) is 4.79 Å². The van der Waals surface area contributed by atoms with E-state index in [2.05, 4.69) is 36.3 Å². The van der Waals surface area contributed by atoms with E-state index in [4.69, 9.17) is 0 Å². The Labute approximate surface area is 140 Å². The van der Waals surface area contributed by atoms with Crippen LogP contribution in [-0.2, 0) is 18.3 Å². The Morgan fingerprint density at radius 1 is 1.30 bits per heavy atom. The van der Waals surface area contributed by atoms with Gasteiger partial charge in [-0.25, -0.2) is 0 Å². The lowest BCUT2D eigenvalue weighted by Gasteiger charge is -2.34. The van der Waals surface area contributed by atoms with Gasteiger partial charge < -0.3 is 10.2 Å². The maximum atomic E-state index is 12.4. The van der Waals surface area contributed by atoms with Crippen molar-refractivity contribution >= 4 is 5.91 Å². The maximum Gasteiger partial charge on any atom is 0.220 e. The second kappa shape index (κ2) is 7.95. The minimum Gasteiger partial charge on any atom is -0.353 e. The van der Waals surface area contributed by atoms with Crippen molar-refractivity contribution in [2.45, 2.75) is 58.4 Å². The molecule has 0 aliphatic heterocycles. The summed E-state index contributed by atoms with van der Waals surface area (Å²) in [4.78, 5) is 14.6. The molecule has 0 radical (unpaired) electrons. The first kappa shape index (κ1) is 18.0. The van der Waals surface area contributed by atoms with Crippen molar-refractivity contribution in [3.8, 4) is 0 Å². The van der Waals surface area contributed by atoms with Crippen molar-refractivity contribution in [1.82, 2.24) is 20.0 Å². The Bertz CT molecular complexity index is 535. The largest absolute Gasteiger partial charge is 0.353 e. The molecule has 1 aromatic rings. The van der Waals surface area contributed by atoms with Gasteiger partial charge in [0.15, 0.2) is 0 Å². The molecule has 1 fully saturated rings. The van der Waals surface area contributed by atoms with Crippen molar-refractivity contribution in [2.24, 2.45) is 13.0 Å². The molecule has 130 valence electrons. The standard InChI is InChI=1S/C18H32N4O/c1-13-16(14(2)22(5)20-13)10-11-18(23)19-17-9-7-6-8-15(17)12-21(3)4/h15,17H,6-12H2,1-5H3,(H,19,23). The third-order valence-electron chi connectivity index (χ3n) is 5.12. The van der Waals surface area contributed by atoms with Gasteiger partial charge in [-0.3, -0.25) is 9.48 Å². The zero-order valence-corrected chi connectivity index (χ0v) is 15.4. The van der Waals surface area contributed by atoms with Gasteiger partial charge >= 0.3 is 0 Å². The first-order valence-electron chi connectivity index (χ1n) is 8.81. The fraction of sp³-hybridized carbons (Fsp3) is 0.778. The molecule has 0 bridgehead atoms. The highest BCUT2D eigenvalue weighted by Gasteiger charge is 2.26. The molecule has 0 aromatic carbocycles. The molecular weight excluding hydrogens is 288 g/mol. The number of rotatable bonds is 6. The monoisotopic (exact) mass is 320 g/mol. The molecule has 0 spiro atoms. The highest BCUT2D eigenvalue weighted by Crippen LogP contribution is 2.25. The third kappa shape index (κ3) is 4.80. The normalized spacial score (nSPS) is 21.7. The lowest BCUT2D eigenvalue weighted by Crippen LogP contribution is -2.45. The maximum absolute atomic E-state index is 12.4. The molecule has 1 amide bonds. The Morgan fingerprint density at radius 2 is 2.00 bits per heavy atom. The predicted molar refractivity (Wildman–Crippen MR) is 93.4 cm³/mol. The first-order valence-corrected chi connectivity index (χ1v) is 8.81. The molecule has 2 atom stereocenters. The van der Waals surface area contributed by atoms with Gasteiger partial charge in [0.1, 0.15) is 0 Å². The molecule has 1 aromatic heterocycles. The quantitative estimate of drug-likeness (QED) is 0.874. The van der Waals surface area contributed by atoms with Crippen molar-refractivity contribution in [2.75, 3.05) is 20.6 Å². The molecule has 1 N–H and O–H groups in total. The van der Waals surface area contributed by atoms with E-state index < -0.39 is 0 Å². The smallest absolute Gasteiger partial charge is 0.220 e. The fourth-order valence-corrected chi connectivity index (χ4v) is 3.78. The molecule has 5 nitrogen and oxygen atoms in total. The van der Waals surface area contributed by atoms with Crippen LogP contribution in [0.15, 0.2) is 0 Å². The summed E-state index contributed by atoms with van der Waals surface area (Å²) in [7, 11) is 6.18. The summed E-state index contributed by atoms with van der Waals surface area (Å²) >= 11 is 0. The molecule has 1 heterocycles. The van der Waals surface area contributed by atoms with Crippen LogP contribution in [0.4, 0.5) is 0 Å². The minimum absolute atomic E-state index is 0.184. The number of hydrogen-bond acceptors (Lipinski definition) is 3. The molecule has 1 aliphatic rings. The van der Waals surface area contributed by atoms with Crippen LogP contribution in [0.5, 0.6) is 0 Å². The van der Waals surface area contributed by atoms with E-state index in [0.717, 1.165) is 25.1 Å². The van der Waals surface area contributed by atoms with Crippen molar-refractivity contribution in [3.05, 3.63) is 17.0 Å². The second-order valence-corrected chi connectivity index (χ2v) is 7.25. The Balaban J connectivity index is 1.88. The van der Waals surface area contributed by atoms with Gasteiger partial charge in [-0.2, -0.15) is 5.10 Å². The zero-order chi connectivity index (χ0) is 17.0. The van der Waals surface area contributed by atoms with Crippen LogP contribution in [0, 0.1) is 19.8 Å². The summed E-state index contributed by atoms with van der Waals surface area (Å²) in [5.41, 5.74) is 3.43. The lowest BCUT2D eigenvalue weighted by atomic mass is 9.84. The van der Waals surface area contributed by atoms with Crippen LogP contribution in [-0.4, -0.2) is 47.3 Å². The summed E-state index contributed by atoms with van der Waals surface area (Å²) in [5, 5.41) is 7.73. The fourth-order valence-electron chi connectivity index (χ4n) is 3.78. The SMILES string of the molecule is Cc1nn(C)c(C)c1CCC(=O)NC1CCCCC1CN(C)C. The number of nitrogens with one attached hydrogen (secondary N) is 1. The predicted octanol–water partition coefficient (Wildman–Crippen LogP) is 2.21. The van der Waals surface area contributed by atoms with Crippen LogP contribution in [0.1, 0.15) is 49.1 Å². The Kier molecular flexibility index (Phi) is 6.22. The Hall–Kier alpha value is -1.36. The van der Waals surface area contributed by atoms with E-state index >= 15 is 0 Å². The number of aromatic nitrogens is 2. The Morgan fingerprint density at radius 3 is 2.61 bits per heavy atom. The van der Waals surface area contributed by atoms with Gasteiger partial charge in [-0.1, -0.05) is 12.8 Å². The van der Waals surface area contributed by atoms with Crippen LogP contribution in [0.3, 0.4) is 0 Å².